The van der Waals surface area contributed by atoms with Crippen molar-refractivity contribution in [3.8, 4) is 0 Å². The molecule has 1 nitrogen and oxygen atoms in total. The Kier molecular flexibility index (Phi) is 6.50. The van der Waals surface area contributed by atoms with Crippen LogP contribution in [0.5, 0.6) is 0 Å². The lowest BCUT2D eigenvalue weighted by atomic mass is 10.1. The van der Waals surface area contributed by atoms with Crippen LogP contribution in [-0.2, 0) is 4.74 Å². The summed E-state index contributed by atoms with van der Waals surface area (Å²) in [6.45, 7) is 10.4. The Morgan fingerprint density at radius 3 is 2.41 bits per heavy atom. The zero-order chi connectivity index (χ0) is 12.7. The molecule has 17 heavy (non-hydrogen) atoms. The molecule has 0 aromatic heterocycles. The molecule has 0 saturated carbocycles. The second kappa shape index (κ2) is 7.37. The maximum Gasteiger partial charge on any atom is 0.0755 e. The van der Waals surface area contributed by atoms with Crippen molar-refractivity contribution in [2.24, 2.45) is 0 Å². The van der Waals surface area contributed by atoms with E-state index in [1.54, 1.807) is 5.20 Å². The zero-order valence-corrected chi connectivity index (χ0v) is 13.2. The maximum atomic E-state index is 5.86. The van der Waals surface area contributed by atoms with E-state index in [4.69, 9.17) is 4.74 Å². The first-order valence-electron chi connectivity index (χ1n) is 7.38. The van der Waals surface area contributed by atoms with Crippen LogP contribution in [0.3, 0.4) is 0 Å². The summed E-state index contributed by atoms with van der Waals surface area (Å²) in [7, 11) is -1.13. The fourth-order valence-corrected chi connectivity index (χ4v) is 4.50. The van der Waals surface area contributed by atoms with Gasteiger partial charge in [-0.1, -0.05) is 76.4 Å². The summed E-state index contributed by atoms with van der Waals surface area (Å²) in [6.07, 6.45) is 12.4. The average Bonchev–Trinajstić information content (AvgIpc) is 2.71. The summed E-state index contributed by atoms with van der Waals surface area (Å²) >= 11 is 0. The van der Waals surface area contributed by atoms with E-state index in [9.17, 15) is 0 Å². The van der Waals surface area contributed by atoms with Gasteiger partial charge in [0.25, 0.3) is 0 Å². The minimum Gasteiger partial charge on any atom is -0.370 e. The lowest BCUT2D eigenvalue weighted by Gasteiger charge is -2.24. The smallest absolute Gasteiger partial charge is 0.0755 e. The van der Waals surface area contributed by atoms with Gasteiger partial charge in [-0.15, -0.1) is 0 Å². The van der Waals surface area contributed by atoms with E-state index in [0.717, 1.165) is 6.61 Å². The normalized spacial score (nSPS) is 20.7. The quantitative estimate of drug-likeness (QED) is 0.440. The van der Waals surface area contributed by atoms with Gasteiger partial charge in [-0.25, -0.2) is 0 Å². The van der Waals surface area contributed by atoms with Gasteiger partial charge in [0.05, 0.1) is 20.8 Å². The Labute approximate surface area is 109 Å². The van der Waals surface area contributed by atoms with Crippen molar-refractivity contribution in [1.82, 2.24) is 0 Å². The molecule has 1 unspecified atom stereocenters. The SMILES string of the molecule is CCCCCCCCC1OCC=C1[Si](C)(C)C. The third-order valence-corrected chi connectivity index (χ3v) is 5.89. The van der Waals surface area contributed by atoms with Crippen LogP contribution >= 0.6 is 0 Å². The first-order valence-corrected chi connectivity index (χ1v) is 10.9. The summed E-state index contributed by atoms with van der Waals surface area (Å²) in [4.78, 5) is 0. The predicted octanol–water partition coefficient (Wildman–Crippen LogP) is 4.94. The topological polar surface area (TPSA) is 9.23 Å². The molecule has 1 heterocycles. The molecule has 0 aromatic rings. The van der Waals surface area contributed by atoms with Crippen molar-refractivity contribution in [2.45, 2.75) is 77.6 Å². The first kappa shape index (κ1) is 15.0. The lowest BCUT2D eigenvalue weighted by Crippen LogP contribution is -2.30. The molecule has 0 saturated heterocycles. The molecule has 0 amide bonds. The molecular formula is C15H30OSi. The summed E-state index contributed by atoms with van der Waals surface area (Å²) in [5.74, 6) is 0. The Morgan fingerprint density at radius 1 is 1.12 bits per heavy atom. The minimum absolute atomic E-state index is 0.466. The van der Waals surface area contributed by atoms with Crippen LogP contribution in [0.1, 0.15) is 51.9 Å². The Hall–Kier alpha value is -0.0831. The molecule has 1 aliphatic heterocycles. The molecule has 0 bridgehead atoms. The van der Waals surface area contributed by atoms with Crippen molar-refractivity contribution < 1.29 is 4.74 Å². The van der Waals surface area contributed by atoms with Crippen LogP contribution in [-0.4, -0.2) is 20.8 Å². The molecule has 1 atom stereocenters. The molecule has 0 fully saturated rings. The molecule has 0 radical (unpaired) electrons. The van der Waals surface area contributed by atoms with E-state index in [-0.39, 0.29) is 0 Å². The molecule has 0 aromatic carbocycles. The van der Waals surface area contributed by atoms with Crippen LogP contribution in [0.4, 0.5) is 0 Å². The molecule has 100 valence electrons. The van der Waals surface area contributed by atoms with E-state index in [1.807, 2.05) is 0 Å². The highest BCUT2D eigenvalue weighted by molar-refractivity contribution is 6.83. The Bertz CT molecular complexity index is 240. The fourth-order valence-electron chi connectivity index (χ4n) is 2.61. The van der Waals surface area contributed by atoms with E-state index in [0.29, 0.717) is 6.10 Å². The second-order valence-electron chi connectivity index (χ2n) is 6.29. The fraction of sp³-hybridized carbons (Fsp3) is 0.867. The van der Waals surface area contributed by atoms with Gasteiger partial charge in [0.2, 0.25) is 0 Å². The monoisotopic (exact) mass is 254 g/mol. The maximum absolute atomic E-state index is 5.86. The van der Waals surface area contributed by atoms with Crippen LogP contribution in [0.25, 0.3) is 0 Å². The average molecular weight is 254 g/mol. The van der Waals surface area contributed by atoms with Crippen LogP contribution < -0.4 is 0 Å². The summed E-state index contributed by atoms with van der Waals surface area (Å²) in [5, 5.41) is 1.66. The third kappa shape index (κ3) is 5.39. The van der Waals surface area contributed by atoms with Gasteiger partial charge in [-0.3, -0.25) is 0 Å². The van der Waals surface area contributed by atoms with Crippen molar-refractivity contribution in [1.29, 1.82) is 0 Å². The highest BCUT2D eigenvalue weighted by atomic mass is 28.3. The molecule has 1 aliphatic rings. The number of unbranched alkanes of at least 4 members (excludes halogenated alkanes) is 5. The highest BCUT2D eigenvalue weighted by Crippen LogP contribution is 2.28. The van der Waals surface area contributed by atoms with E-state index >= 15 is 0 Å². The van der Waals surface area contributed by atoms with E-state index < -0.39 is 8.07 Å². The molecule has 0 N–H and O–H groups in total. The van der Waals surface area contributed by atoms with Crippen LogP contribution in [0.15, 0.2) is 11.3 Å². The standard InChI is InChI=1S/C15H30OSi/c1-5-6-7-8-9-10-11-14-15(12-13-16-14)17(2,3)4/h12,14H,5-11,13H2,1-4H3. The second-order valence-corrected chi connectivity index (χ2v) is 11.4. The number of rotatable bonds is 8. The number of hydrogen-bond acceptors (Lipinski definition) is 1. The predicted molar refractivity (Wildman–Crippen MR) is 79.2 cm³/mol. The molecule has 2 heteroatoms. The van der Waals surface area contributed by atoms with Gasteiger partial charge in [-0.05, 0) is 6.42 Å². The zero-order valence-electron chi connectivity index (χ0n) is 12.2. The van der Waals surface area contributed by atoms with E-state index in [1.165, 1.54) is 44.9 Å². The first-order chi connectivity index (χ1) is 8.05. The number of hydrogen-bond donors (Lipinski definition) is 0. The summed E-state index contributed by atoms with van der Waals surface area (Å²) in [5.41, 5.74) is 0. The Balaban J connectivity index is 2.17. The van der Waals surface area contributed by atoms with Crippen LogP contribution in [0.2, 0.25) is 19.6 Å². The summed E-state index contributed by atoms with van der Waals surface area (Å²) in [6, 6.07) is 0. The molecule has 0 spiro atoms. The van der Waals surface area contributed by atoms with Crippen molar-refractivity contribution >= 4 is 8.07 Å². The van der Waals surface area contributed by atoms with Gasteiger partial charge in [0, 0.05) is 0 Å². The minimum atomic E-state index is -1.13. The van der Waals surface area contributed by atoms with Crippen molar-refractivity contribution in [2.75, 3.05) is 6.61 Å². The van der Waals surface area contributed by atoms with Gasteiger partial charge < -0.3 is 4.74 Å². The van der Waals surface area contributed by atoms with Gasteiger partial charge >= 0.3 is 0 Å². The largest absolute Gasteiger partial charge is 0.370 e. The van der Waals surface area contributed by atoms with Gasteiger partial charge in [-0.2, -0.15) is 0 Å². The van der Waals surface area contributed by atoms with Crippen LogP contribution in [0, 0.1) is 0 Å². The highest BCUT2D eigenvalue weighted by Gasteiger charge is 2.30. The Morgan fingerprint density at radius 2 is 1.76 bits per heavy atom. The third-order valence-electron chi connectivity index (χ3n) is 3.63. The summed E-state index contributed by atoms with van der Waals surface area (Å²) < 4.78 is 5.86. The van der Waals surface area contributed by atoms with Gasteiger partial charge in [0.15, 0.2) is 0 Å². The molecule has 0 aliphatic carbocycles. The molecule has 1 rings (SSSR count). The van der Waals surface area contributed by atoms with E-state index in [2.05, 4.69) is 32.6 Å². The number of ether oxygens (including phenoxy) is 1. The van der Waals surface area contributed by atoms with Crippen molar-refractivity contribution in [3.05, 3.63) is 11.3 Å². The lowest BCUT2D eigenvalue weighted by molar-refractivity contribution is 0.116. The van der Waals surface area contributed by atoms with Crippen molar-refractivity contribution in [3.63, 3.8) is 0 Å². The molecular weight excluding hydrogens is 224 g/mol. The van der Waals surface area contributed by atoms with Gasteiger partial charge in [0.1, 0.15) is 0 Å².